The molecule has 1 rings (SSSR count). The predicted molar refractivity (Wildman–Crippen MR) is 60.8 cm³/mol. The summed E-state index contributed by atoms with van der Waals surface area (Å²) in [5.41, 5.74) is 5.45. The Hall–Kier alpha value is -0.160. The Morgan fingerprint density at radius 1 is 1.60 bits per heavy atom. The number of hydrogen-bond donors (Lipinski definition) is 2. The smallest absolute Gasteiger partial charge is 0.0674 e. The fourth-order valence-electron chi connectivity index (χ4n) is 1.88. The van der Waals surface area contributed by atoms with Crippen molar-refractivity contribution in [1.82, 2.24) is 4.90 Å². The summed E-state index contributed by atoms with van der Waals surface area (Å²) in [5.74, 6) is 0. The van der Waals surface area contributed by atoms with Crippen LogP contribution in [-0.2, 0) is 4.74 Å². The standard InChI is InChI=1S/C11H24N2O2/c1-10-8-13(6-7-15-10)5-3-4-11(2,12)9-14/h10,14H,3-9,12H2,1-2H3. The fourth-order valence-corrected chi connectivity index (χ4v) is 1.88. The van der Waals surface area contributed by atoms with Crippen LogP contribution in [0.5, 0.6) is 0 Å². The Balaban J connectivity index is 2.14. The molecule has 0 bridgehead atoms. The molecule has 2 atom stereocenters. The summed E-state index contributed by atoms with van der Waals surface area (Å²) in [6.07, 6.45) is 2.26. The van der Waals surface area contributed by atoms with Crippen LogP contribution >= 0.6 is 0 Å². The highest BCUT2D eigenvalue weighted by Gasteiger charge is 2.19. The maximum Gasteiger partial charge on any atom is 0.0674 e. The zero-order valence-corrected chi connectivity index (χ0v) is 9.91. The molecule has 0 aromatic heterocycles. The third-order valence-corrected chi connectivity index (χ3v) is 2.91. The third-order valence-electron chi connectivity index (χ3n) is 2.91. The Labute approximate surface area is 92.4 Å². The molecule has 1 aliphatic heterocycles. The first kappa shape index (κ1) is 12.9. The number of nitrogens with zero attached hydrogens (tertiary/aromatic N) is 1. The fraction of sp³-hybridized carbons (Fsp3) is 1.00. The molecular formula is C11H24N2O2. The number of nitrogens with two attached hydrogens (primary N) is 1. The molecule has 0 saturated carbocycles. The highest BCUT2D eigenvalue weighted by Crippen LogP contribution is 2.10. The van der Waals surface area contributed by atoms with Gasteiger partial charge in [0.2, 0.25) is 0 Å². The van der Waals surface area contributed by atoms with Crippen molar-refractivity contribution in [2.24, 2.45) is 5.73 Å². The average Bonchev–Trinajstić information content (AvgIpc) is 2.18. The Kier molecular flexibility index (Phi) is 4.99. The first-order valence-corrected chi connectivity index (χ1v) is 5.77. The maximum atomic E-state index is 9.01. The topological polar surface area (TPSA) is 58.7 Å². The van der Waals surface area contributed by atoms with E-state index in [2.05, 4.69) is 11.8 Å². The Morgan fingerprint density at radius 2 is 2.33 bits per heavy atom. The summed E-state index contributed by atoms with van der Waals surface area (Å²) in [4.78, 5) is 2.40. The van der Waals surface area contributed by atoms with Crippen LogP contribution < -0.4 is 5.73 Å². The molecule has 0 aromatic carbocycles. The first-order valence-electron chi connectivity index (χ1n) is 5.77. The van der Waals surface area contributed by atoms with Crippen LogP contribution in [0.15, 0.2) is 0 Å². The van der Waals surface area contributed by atoms with E-state index in [0.29, 0.717) is 6.10 Å². The van der Waals surface area contributed by atoms with Crippen molar-refractivity contribution in [3.8, 4) is 0 Å². The zero-order chi connectivity index (χ0) is 11.3. The van der Waals surface area contributed by atoms with E-state index in [4.69, 9.17) is 15.6 Å². The van der Waals surface area contributed by atoms with Crippen molar-refractivity contribution in [1.29, 1.82) is 0 Å². The van der Waals surface area contributed by atoms with Gasteiger partial charge in [-0.15, -0.1) is 0 Å². The number of morpholine rings is 1. The molecule has 4 nitrogen and oxygen atoms in total. The monoisotopic (exact) mass is 216 g/mol. The van der Waals surface area contributed by atoms with Crippen molar-refractivity contribution in [3.63, 3.8) is 0 Å². The van der Waals surface area contributed by atoms with Gasteiger partial charge in [0.25, 0.3) is 0 Å². The van der Waals surface area contributed by atoms with Crippen LogP contribution in [-0.4, -0.2) is 54.5 Å². The molecule has 0 radical (unpaired) electrons. The van der Waals surface area contributed by atoms with Crippen molar-refractivity contribution in [3.05, 3.63) is 0 Å². The van der Waals surface area contributed by atoms with E-state index in [9.17, 15) is 0 Å². The van der Waals surface area contributed by atoms with E-state index < -0.39 is 5.54 Å². The van der Waals surface area contributed by atoms with Gasteiger partial charge in [0.05, 0.1) is 19.3 Å². The van der Waals surface area contributed by atoms with Gasteiger partial charge in [-0.25, -0.2) is 0 Å². The molecule has 0 aromatic rings. The molecule has 1 saturated heterocycles. The van der Waals surface area contributed by atoms with Crippen LogP contribution in [0.1, 0.15) is 26.7 Å². The molecule has 1 aliphatic rings. The van der Waals surface area contributed by atoms with Crippen LogP contribution in [0.2, 0.25) is 0 Å². The van der Waals surface area contributed by atoms with Crippen LogP contribution in [0.3, 0.4) is 0 Å². The number of hydrogen-bond acceptors (Lipinski definition) is 4. The lowest BCUT2D eigenvalue weighted by Crippen LogP contribution is -2.43. The number of rotatable bonds is 5. The number of ether oxygens (including phenoxy) is 1. The second-order valence-corrected chi connectivity index (χ2v) is 4.90. The first-order chi connectivity index (χ1) is 7.03. The minimum atomic E-state index is -0.419. The Morgan fingerprint density at radius 3 is 2.93 bits per heavy atom. The molecule has 1 heterocycles. The minimum absolute atomic E-state index is 0.0620. The molecule has 0 aliphatic carbocycles. The van der Waals surface area contributed by atoms with Crippen LogP contribution in [0.4, 0.5) is 0 Å². The van der Waals surface area contributed by atoms with E-state index in [0.717, 1.165) is 39.1 Å². The molecule has 3 N–H and O–H groups in total. The van der Waals surface area contributed by atoms with Crippen molar-refractivity contribution < 1.29 is 9.84 Å². The van der Waals surface area contributed by atoms with E-state index in [1.165, 1.54) is 0 Å². The van der Waals surface area contributed by atoms with Gasteiger partial charge in [-0.05, 0) is 33.2 Å². The van der Waals surface area contributed by atoms with E-state index in [1.54, 1.807) is 0 Å². The molecule has 0 spiro atoms. The maximum absolute atomic E-state index is 9.01. The molecule has 2 unspecified atom stereocenters. The summed E-state index contributed by atoms with van der Waals surface area (Å²) in [6, 6.07) is 0. The summed E-state index contributed by atoms with van der Waals surface area (Å²) < 4.78 is 5.47. The SMILES string of the molecule is CC1CN(CCCC(C)(N)CO)CCO1. The van der Waals surface area contributed by atoms with Crippen molar-refractivity contribution >= 4 is 0 Å². The van der Waals surface area contributed by atoms with Gasteiger partial charge in [-0.1, -0.05) is 0 Å². The second-order valence-electron chi connectivity index (χ2n) is 4.90. The highest BCUT2D eigenvalue weighted by atomic mass is 16.5. The van der Waals surface area contributed by atoms with E-state index in [1.807, 2.05) is 6.92 Å². The van der Waals surface area contributed by atoms with Crippen LogP contribution in [0.25, 0.3) is 0 Å². The van der Waals surface area contributed by atoms with E-state index in [-0.39, 0.29) is 6.61 Å². The van der Waals surface area contributed by atoms with Crippen LogP contribution in [0, 0.1) is 0 Å². The Bertz CT molecular complexity index is 185. The quantitative estimate of drug-likeness (QED) is 0.689. The second kappa shape index (κ2) is 5.80. The lowest BCUT2D eigenvalue weighted by Gasteiger charge is -2.32. The molecule has 15 heavy (non-hydrogen) atoms. The average molecular weight is 216 g/mol. The van der Waals surface area contributed by atoms with Gasteiger partial charge in [0, 0.05) is 18.6 Å². The largest absolute Gasteiger partial charge is 0.394 e. The zero-order valence-electron chi connectivity index (χ0n) is 9.91. The minimum Gasteiger partial charge on any atom is -0.394 e. The lowest BCUT2D eigenvalue weighted by molar-refractivity contribution is -0.0191. The van der Waals surface area contributed by atoms with Gasteiger partial charge in [-0.2, -0.15) is 0 Å². The van der Waals surface area contributed by atoms with Gasteiger partial charge in [0.1, 0.15) is 0 Å². The molecular weight excluding hydrogens is 192 g/mol. The molecule has 1 fully saturated rings. The summed E-state index contributed by atoms with van der Waals surface area (Å²) in [7, 11) is 0. The molecule has 0 amide bonds. The predicted octanol–water partition coefficient (Wildman–Crippen LogP) is 0.197. The van der Waals surface area contributed by atoms with Gasteiger partial charge in [0.15, 0.2) is 0 Å². The van der Waals surface area contributed by atoms with Gasteiger partial charge >= 0.3 is 0 Å². The van der Waals surface area contributed by atoms with Crippen molar-refractivity contribution in [2.45, 2.75) is 38.3 Å². The van der Waals surface area contributed by atoms with Crippen molar-refractivity contribution in [2.75, 3.05) is 32.8 Å². The van der Waals surface area contributed by atoms with Gasteiger partial charge < -0.3 is 15.6 Å². The summed E-state index contributed by atoms with van der Waals surface area (Å²) >= 11 is 0. The highest BCUT2D eigenvalue weighted by molar-refractivity contribution is 4.78. The number of aliphatic hydroxyl groups is 1. The number of aliphatic hydroxyl groups excluding tert-OH is 1. The normalized spacial score (nSPS) is 27.6. The third kappa shape index (κ3) is 4.93. The van der Waals surface area contributed by atoms with Gasteiger partial charge in [-0.3, -0.25) is 4.90 Å². The van der Waals surface area contributed by atoms with E-state index >= 15 is 0 Å². The molecule has 4 heteroatoms. The summed E-state index contributed by atoms with van der Waals surface area (Å²) in [6.45, 7) is 7.99. The summed E-state index contributed by atoms with van der Waals surface area (Å²) in [5, 5.41) is 9.01. The molecule has 90 valence electrons. The lowest BCUT2D eigenvalue weighted by atomic mass is 9.98.